The van der Waals surface area contributed by atoms with Crippen LogP contribution in [-0.4, -0.2) is 84.7 Å². The van der Waals surface area contributed by atoms with Crippen LogP contribution in [0.1, 0.15) is 49.2 Å². The molecule has 0 aliphatic carbocycles. The number of nitrogens with one attached hydrogen (secondary N) is 1. The van der Waals surface area contributed by atoms with Crippen molar-refractivity contribution in [2.75, 3.05) is 37.7 Å². The fourth-order valence-electron chi connectivity index (χ4n) is 5.07. The van der Waals surface area contributed by atoms with Gasteiger partial charge in [0.15, 0.2) is 5.65 Å². The van der Waals surface area contributed by atoms with Crippen LogP contribution in [0.4, 0.5) is 29.6 Å². The second-order valence-electron chi connectivity index (χ2n) is 12.2. The Morgan fingerprint density at radius 1 is 1.10 bits per heavy atom. The lowest BCUT2D eigenvalue weighted by Crippen LogP contribution is -2.34. The van der Waals surface area contributed by atoms with Gasteiger partial charge in [0.05, 0.1) is 17.0 Å². The number of nitrogen functional groups attached to an aromatic ring is 1. The molecule has 4 aromatic rings. The number of likely N-dealkylation sites (N-methyl/N-ethyl adjacent to an activating group) is 1. The van der Waals surface area contributed by atoms with Crippen LogP contribution in [0.2, 0.25) is 0 Å². The van der Waals surface area contributed by atoms with Gasteiger partial charge in [0, 0.05) is 50.1 Å². The third kappa shape index (κ3) is 7.70. The molecule has 0 unspecified atom stereocenters. The molecule has 1 saturated heterocycles. The van der Waals surface area contributed by atoms with E-state index in [0.717, 1.165) is 18.3 Å². The number of carbonyl (C=O) groups excluding carboxylic acids is 3. The molecular formula is C32H34F3N9O4. The maximum Gasteiger partial charge on any atom is 0.416 e. The molecule has 48 heavy (non-hydrogen) atoms. The largest absolute Gasteiger partial charge is 0.444 e. The van der Waals surface area contributed by atoms with Crippen LogP contribution < -0.4 is 11.1 Å². The molecule has 0 spiro atoms. The van der Waals surface area contributed by atoms with E-state index in [9.17, 15) is 27.6 Å². The molecule has 252 valence electrons. The van der Waals surface area contributed by atoms with Gasteiger partial charge in [-0.05, 0) is 51.5 Å². The minimum atomic E-state index is -4.58. The number of fused-ring (bicyclic) bond motifs is 1. The van der Waals surface area contributed by atoms with Crippen molar-refractivity contribution >= 4 is 40.6 Å². The number of hydrogen-bond acceptors (Lipinski definition) is 9. The molecule has 3 N–H and O–H groups in total. The average molecular weight is 666 g/mol. The lowest BCUT2D eigenvalue weighted by Gasteiger charge is -2.23. The zero-order chi connectivity index (χ0) is 34.8. The SMILES string of the molecule is CN(CC=CC(=O)N1CC[C@@H](n2nc(-c3ccc(C(=O)Nc4cc(C(F)(F)F)ccn4)cc3)c3c(N)ncnc32)C1)C(=O)OC(C)(C)C. The van der Waals surface area contributed by atoms with Gasteiger partial charge >= 0.3 is 12.3 Å². The summed E-state index contributed by atoms with van der Waals surface area (Å²) in [6, 6.07) is 7.64. The van der Waals surface area contributed by atoms with E-state index < -0.39 is 29.3 Å². The van der Waals surface area contributed by atoms with Crippen LogP contribution in [0.3, 0.4) is 0 Å². The molecule has 1 aliphatic rings. The fraction of sp³-hybridized carbons (Fsp3) is 0.344. The summed E-state index contributed by atoms with van der Waals surface area (Å²) in [6.07, 6.45) is 0.864. The summed E-state index contributed by atoms with van der Waals surface area (Å²) in [6.45, 7) is 6.35. The Morgan fingerprint density at radius 2 is 1.83 bits per heavy atom. The number of halogens is 3. The number of hydrogen-bond donors (Lipinski definition) is 2. The van der Waals surface area contributed by atoms with Crippen LogP contribution in [-0.2, 0) is 15.7 Å². The van der Waals surface area contributed by atoms with Crippen molar-refractivity contribution in [1.29, 1.82) is 0 Å². The predicted molar refractivity (Wildman–Crippen MR) is 171 cm³/mol. The highest BCUT2D eigenvalue weighted by molar-refractivity contribution is 6.04. The van der Waals surface area contributed by atoms with E-state index in [2.05, 4.69) is 20.3 Å². The summed E-state index contributed by atoms with van der Waals surface area (Å²) in [7, 11) is 1.59. The van der Waals surface area contributed by atoms with Gasteiger partial charge in [-0.3, -0.25) is 9.59 Å². The van der Waals surface area contributed by atoms with Crippen molar-refractivity contribution in [3.63, 3.8) is 0 Å². The molecule has 13 nitrogen and oxygen atoms in total. The maximum atomic E-state index is 13.1. The van der Waals surface area contributed by atoms with Crippen LogP contribution in [0, 0.1) is 0 Å². The van der Waals surface area contributed by atoms with Crippen LogP contribution in [0.5, 0.6) is 0 Å². The first-order valence-electron chi connectivity index (χ1n) is 14.9. The van der Waals surface area contributed by atoms with Crippen molar-refractivity contribution in [2.45, 2.75) is 45.0 Å². The van der Waals surface area contributed by atoms with E-state index in [1.807, 2.05) is 0 Å². The molecule has 1 aliphatic heterocycles. The average Bonchev–Trinajstić information content (AvgIpc) is 3.66. The van der Waals surface area contributed by atoms with Crippen molar-refractivity contribution in [3.8, 4) is 11.3 Å². The second-order valence-corrected chi connectivity index (χ2v) is 12.2. The third-order valence-electron chi connectivity index (χ3n) is 7.43. The fourth-order valence-corrected chi connectivity index (χ4v) is 5.07. The molecule has 1 atom stereocenters. The lowest BCUT2D eigenvalue weighted by molar-refractivity contribution is -0.137. The molecule has 0 saturated carbocycles. The molecule has 16 heteroatoms. The number of alkyl halides is 3. The zero-order valence-corrected chi connectivity index (χ0v) is 26.7. The molecular weight excluding hydrogens is 631 g/mol. The number of nitrogens with two attached hydrogens (primary N) is 1. The summed E-state index contributed by atoms with van der Waals surface area (Å²) >= 11 is 0. The van der Waals surface area contributed by atoms with E-state index in [4.69, 9.17) is 15.6 Å². The van der Waals surface area contributed by atoms with Gasteiger partial charge in [-0.2, -0.15) is 18.3 Å². The maximum absolute atomic E-state index is 13.1. The van der Waals surface area contributed by atoms with Crippen molar-refractivity contribution in [1.82, 2.24) is 34.5 Å². The first kappa shape index (κ1) is 33.8. The zero-order valence-electron chi connectivity index (χ0n) is 26.7. The Bertz CT molecular complexity index is 1870. The lowest BCUT2D eigenvalue weighted by atomic mass is 10.1. The van der Waals surface area contributed by atoms with Gasteiger partial charge in [-0.25, -0.2) is 24.4 Å². The smallest absolute Gasteiger partial charge is 0.416 e. The van der Waals surface area contributed by atoms with Gasteiger partial charge in [-0.1, -0.05) is 18.2 Å². The highest BCUT2D eigenvalue weighted by Gasteiger charge is 2.32. The number of likely N-dealkylation sites (tertiary alicyclic amines) is 1. The molecule has 1 fully saturated rings. The van der Waals surface area contributed by atoms with Gasteiger partial charge < -0.3 is 25.6 Å². The summed E-state index contributed by atoms with van der Waals surface area (Å²) in [5, 5.41) is 7.69. The first-order valence-corrected chi connectivity index (χ1v) is 14.9. The van der Waals surface area contributed by atoms with Gasteiger partial charge in [0.2, 0.25) is 5.91 Å². The highest BCUT2D eigenvalue weighted by Crippen LogP contribution is 2.34. The predicted octanol–water partition coefficient (Wildman–Crippen LogP) is 4.94. The number of aromatic nitrogens is 5. The van der Waals surface area contributed by atoms with Crippen LogP contribution in [0.15, 0.2) is 61.1 Å². The Hall–Kier alpha value is -5.54. The molecule has 4 heterocycles. The Balaban J connectivity index is 1.29. The Labute approximate surface area is 273 Å². The minimum absolute atomic E-state index is 0.182. The van der Waals surface area contributed by atoms with Crippen LogP contribution >= 0.6 is 0 Å². The quantitative estimate of drug-likeness (QED) is 0.261. The van der Waals surface area contributed by atoms with Crippen LogP contribution in [0.25, 0.3) is 22.3 Å². The van der Waals surface area contributed by atoms with Crippen molar-refractivity contribution in [3.05, 3.63) is 72.2 Å². The number of carbonyl (C=O) groups is 3. The third-order valence-corrected chi connectivity index (χ3v) is 7.43. The monoisotopic (exact) mass is 665 g/mol. The number of rotatable bonds is 7. The number of anilines is 2. The van der Waals surface area contributed by atoms with Crippen molar-refractivity contribution < 1.29 is 32.3 Å². The van der Waals surface area contributed by atoms with E-state index in [-0.39, 0.29) is 35.7 Å². The summed E-state index contributed by atoms with van der Waals surface area (Å²) in [5.41, 5.74) is 6.41. The standard InChI is InChI=1S/C32H34F3N9O4/c1-31(2,3)48-30(47)42(4)14-5-6-24(45)43-15-12-22(17-43)44-28-25(27(36)38-18-39-28)26(41-44)19-7-9-20(10-8-19)29(46)40-23-16-21(11-13-37-23)32(33,34)35/h5-11,13,16,18,22H,12,14-15,17H2,1-4H3,(H2,36,38,39)(H,37,40,46)/t22-/m1/s1. The highest BCUT2D eigenvalue weighted by atomic mass is 19.4. The molecule has 3 amide bonds. The normalized spacial score (nSPS) is 15.2. The number of pyridine rings is 1. The number of ether oxygens (including phenoxy) is 1. The first-order chi connectivity index (χ1) is 22.6. The number of nitrogens with zero attached hydrogens (tertiary/aromatic N) is 7. The molecule has 3 aromatic heterocycles. The molecule has 0 bridgehead atoms. The molecule has 5 rings (SSSR count). The minimum Gasteiger partial charge on any atom is -0.444 e. The van der Waals surface area contributed by atoms with E-state index in [0.29, 0.717) is 41.8 Å². The number of amides is 3. The van der Waals surface area contributed by atoms with E-state index >= 15 is 0 Å². The molecule has 1 aromatic carbocycles. The summed E-state index contributed by atoms with van der Waals surface area (Å²) < 4.78 is 46.2. The van der Waals surface area contributed by atoms with E-state index in [1.54, 1.807) is 55.6 Å². The van der Waals surface area contributed by atoms with Gasteiger partial charge in [0.25, 0.3) is 5.91 Å². The Kier molecular flexibility index (Phi) is 9.36. The van der Waals surface area contributed by atoms with E-state index in [1.165, 1.54) is 29.4 Å². The summed E-state index contributed by atoms with van der Waals surface area (Å²) in [5.74, 6) is -0.897. The van der Waals surface area contributed by atoms with Gasteiger partial charge in [0.1, 0.15) is 29.3 Å². The second kappa shape index (κ2) is 13.3. The van der Waals surface area contributed by atoms with Crippen molar-refractivity contribution in [2.24, 2.45) is 0 Å². The summed E-state index contributed by atoms with van der Waals surface area (Å²) in [4.78, 5) is 53.3. The topological polar surface area (TPSA) is 161 Å². The Morgan fingerprint density at radius 3 is 2.52 bits per heavy atom. The molecule has 0 radical (unpaired) electrons. The number of benzene rings is 1. The van der Waals surface area contributed by atoms with Gasteiger partial charge in [-0.15, -0.1) is 0 Å².